The highest BCUT2D eigenvalue weighted by Gasteiger charge is 2.32. The van der Waals surface area contributed by atoms with Gasteiger partial charge in [-0.1, -0.05) is 12.1 Å². The summed E-state index contributed by atoms with van der Waals surface area (Å²) in [5.41, 5.74) is 1.37. The molecular formula is C14H17NO3. The van der Waals surface area contributed by atoms with Crippen molar-refractivity contribution < 1.29 is 14.6 Å². The van der Waals surface area contributed by atoms with Gasteiger partial charge >= 0.3 is 6.09 Å². The molecule has 0 saturated heterocycles. The lowest BCUT2D eigenvalue weighted by Crippen LogP contribution is -2.48. The van der Waals surface area contributed by atoms with Crippen molar-refractivity contribution in [3.8, 4) is 5.75 Å². The highest BCUT2D eigenvalue weighted by atomic mass is 16.5. The van der Waals surface area contributed by atoms with Crippen molar-refractivity contribution in [2.24, 2.45) is 0 Å². The van der Waals surface area contributed by atoms with E-state index in [1.807, 2.05) is 12.1 Å². The highest BCUT2D eigenvalue weighted by Crippen LogP contribution is 2.41. The van der Waals surface area contributed by atoms with E-state index in [1.165, 1.54) is 18.4 Å². The normalized spacial score (nSPS) is 26.2. The van der Waals surface area contributed by atoms with Crippen molar-refractivity contribution in [2.45, 2.75) is 43.7 Å². The van der Waals surface area contributed by atoms with Gasteiger partial charge in [-0.25, -0.2) is 4.79 Å². The summed E-state index contributed by atoms with van der Waals surface area (Å²) in [6.45, 7) is 0. The van der Waals surface area contributed by atoms with E-state index in [2.05, 4.69) is 17.4 Å². The van der Waals surface area contributed by atoms with Crippen molar-refractivity contribution in [1.82, 2.24) is 5.32 Å². The van der Waals surface area contributed by atoms with Crippen LogP contribution in [-0.4, -0.2) is 23.3 Å². The lowest BCUT2D eigenvalue weighted by Gasteiger charge is -2.35. The first kappa shape index (κ1) is 11.4. The Balaban J connectivity index is 1.51. The molecule has 0 heterocycles. The summed E-state index contributed by atoms with van der Waals surface area (Å²) in [5.74, 6) is 1.65. The first-order valence-corrected chi connectivity index (χ1v) is 6.47. The Labute approximate surface area is 106 Å². The molecule has 1 amide bonds. The Hall–Kier alpha value is -1.71. The predicted molar refractivity (Wildman–Crippen MR) is 67.0 cm³/mol. The molecule has 2 aliphatic carbocycles. The number of carbonyl (C=O) groups is 1. The Morgan fingerprint density at radius 1 is 1.33 bits per heavy atom. The maximum absolute atomic E-state index is 10.4. The lowest BCUT2D eigenvalue weighted by molar-refractivity contribution is 0.0833. The molecule has 4 heteroatoms. The van der Waals surface area contributed by atoms with Crippen LogP contribution in [0.1, 0.15) is 37.2 Å². The third-order valence-electron chi connectivity index (χ3n) is 3.63. The Morgan fingerprint density at radius 2 is 2.11 bits per heavy atom. The molecule has 4 nitrogen and oxygen atoms in total. The first-order chi connectivity index (χ1) is 8.70. The van der Waals surface area contributed by atoms with E-state index in [1.54, 1.807) is 0 Å². The quantitative estimate of drug-likeness (QED) is 0.860. The van der Waals surface area contributed by atoms with Crippen LogP contribution >= 0.6 is 0 Å². The van der Waals surface area contributed by atoms with Crippen molar-refractivity contribution in [3.05, 3.63) is 29.8 Å². The van der Waals surface area contributed by atoms with Crippen molar-refractivity contribution in [1.29, 1.82) is 0 Å². The van der Waals surface area contributed by atoms with Crippen LogP contribution < -0.4 is 10.1 Å². The third kappa shape index (κ3) is 2.58. The third-order valence-corrected chi connectivity index (χ3v) is 3.63. The average molecular weight is 247 g/mol. The minimum atomic E-state index is -0.950. The van der Waals surface area contributed by atoms with Crippen molar-refractivity contribution >= 4 is 6.09 Å². The molecule has 0 spiro atoms. The number of nitrogens with one attached hydrogen (secondary N) is 1. The van der Waals surface area contributed by atoms with Crippen LogP contribution in [0.3, 0.4) is 0 Å². The Bertz CT molecular complexity index is 450. The van der Waals surface area contributed by atoms with Gasteiger partial charge in [-0.05, 0) is 36.5 Å². The maximum Gasteiger partial charge on any atom is 0.404 e. The summed E-state index contributed by atoms with van der Waals surface area (Å²) in [4.78, 5) is 10.4. The van der Waals surface area contributed by atoms with Gasteiger partial charge in [0.25, 0.3) is 0 Å². The first-order valence-electron chi connectivity index (χ1n) is 6.47. The predicted octanol–water partition coefficient (Wildman–Crippen LogP) is 2.74. The van der Waals surface area contributed by atoms with Gasteiger partial charge in [-0.2, -0.15) is 0 Å². The van der Waals surface area contributed by atoms with E-state index in [4.69, 9.17) is 9.84 Å². The topological polar surface area (TPSA) is 58.6 Å². The zero-order valence-corrected chi connectivity index (χ0v) is 10.1. The maximum atomic E-state index is 10.4. The Morgan fingerprint density at radius 3 is 2.78 bits per heavy atom. The fraction of sp³-hybridized carbons (Fsp3) is 0.500. The summed E-state index contributed by atoms with van der Waals surface area (Å²) in [7, 11) is 0. The largest absolute Gasteiger partial charge is 0.490 e. The standard InChI is InChI=1S/C14H17NO3/c16-14(17)15-11-7-13(8-11)18-12-3-1-2-10(6-12)9-4-5-9/h1-3,6,9,11,13,15H,4-5,7-8H2,(H,16,17). The van der Waals surface area contributed by atoms with Gasteiger partial charge in [0.05, 0.1) is 0 Å². The van der Waals surface area contributed by atoms with Gasteiger partial charge in [0, 0.05) is 18.9 Å². The van der Waals surface area contributed by atoms with Crippen LogP contribution in [0.15, 0.2) is 24.3 Å². The second-order valence-corrected chi connectivity index (χ2v) is 5.20. The number of rotatable bonds is 4. The lowest BCUT2D eigenvalue weighted by atomic mass is 9.89. The highest BCUT2D eigenvalue weighted by molar-refractivity contribution is 5.65. The molecule has 2 aliphatic rings. The molecule has 0 aliphatic heterocycles. The molecule has 1 aromatic rings. The van der Waals surface area contributed by atoms with E-state index in [9.17, 15) is 4.79 Å². The number of hydrogen-bond donors (Lipinski definition) is 2. The SMILES string of the molecule is O=C(O)NC1CC(Oc2cccc(C3CC3)c2)C1. The van der Waals surface area contributed by atoms with Crippen LogP contribution in [0.25, 0.3) is 0 Å². The molecule has 0 aromatic heterocycles. The minimum absolute atomic E-state index is 0.0547. The molecule has 96 valence electrons. The smallest absolute Gasteiger partial charge is 0.404 e. The number of hydrogen-bond acceptors (Lipinski definition) is 2. The van der Waals surface area contributed by atoms with Gasteiger partial charge in [0.15, 0.2) is 0 Å². The minimum Gasteiger partial charge on any atom is -0.490 e. The number of ether oxygens (including phenoxy) is 1. The van der Waals surface area contributed by atoms with Crippen LogP contribution in [0.4, 0.5) is 4.79 Å². The molecule has 0 atom stereocenters. The number of amides is 1. The van der Waals surface area contributed by atoms with Crippen LogP contribution in [-0.2, 0) is 0 Å². The molecule has 3 rings (SSSR count). The fourth-order valence-corrected chi connectivity index (χ4v) is 2.41. The fourth-order valence-electron chi connectivity index (χ4n) is 2.41. The molecular weight excluding hydrogens is 230 g/mol. The summed E-state index contributed by atoms with van der Waals surface area (Å²) >= 11 is 0. The number of carboxylic acid groups (broad SMARTS) is 1. The second-order valence-electron chi connectivity index (χ2n) is 5.20. The molecule has 0 radical (unpaired) electrons. The zero-order chi connectivity index (χ0) is 12.5. The van der Waals surface area contributed by atoms with E-state index >= 15 is 0 Å². The molecule has 2 fully saturated rings. The van der Waals surface area contributed by atoms with Gasteiger partial charge < -0.3 is 15.2 Å². The van der Waals surface area contributed by atoms with Crippen LogP contribution in [0.2, 0.25) is 0 Å². The summed E-state index contributed by atoms with van der Waals surface area (Å²) in [5, 5.41) is 11.0. The molecule has 0 bridgehead atoms. The van der Waals surface area contributed by atoms with Gasteiger partial charge in [0.1, 0.15) is 11.9 Å². The van der Waals surface area contributed by atoms with Gasteiger partial charge in [-0.3, -0.25) is 0 Å². The van der Waals surface area contributed by atoms with Gasteiger partial charge in [0.2, 0.25) is 0 Å². The van der Waals surface area contributed by atoms with Crippen LogP contribution in [0.5, 0.6) is 5.75 Å². The monoisotopic (exact) mass is 247 g/mol. The Kier molecular flexibility index (Phi) is 2.86. The molecule has 0 unspecified atom stereocenters. The molecule has 2 N–H and O–H groups in total. The van der Waals surface area contributed by atoms with E-state index in [0.717, 1.165) is 24.5 Å². The second kappa shape index (κ2) is 4.52. The molecule has 1 aromatic carbocycles. The summed E-state index contributed by atoms with van der Waals surface area (Å²) in [6, 6.07) is 8.34. The van der Waals surface area contributed by atoms with E-state index in [0.29, 0.717) is 0 Å². The number of benzene rings is 1. The zero-order valence-electron chi connectivity index (χ0n) is 10.1. The average Bonchev–Trinajstić information content (AvgIpc) is 3.09. The van der Waals surface area contributed by atoms with Crippen molar-refractivity contribution in [2.75, 3.05) is 0 Å². The van der Waals surface area contributed by atoms with E-state index in [-0.39, 0.29) is 12.1 Å². The molecule has 18 heavy (non-hydrogen) atoms. The van der Waals surface area contributed by atoms with E-state index < -0.39 is 6.09 Å². The van der Waals surface area contributed by atoms with Crippen molar-refractivity contribution in [3.63, 3.8) is 0 Å². The summed E-state index contributed by atoms with van der Waals surface area (Å²) < 4.78 is 5.85. The molecule has 2 saturated carbocycles. The van der Waals surface area contributed by atoms with Gasteiger partial charge in [-0.15, -0.1) is 0 Å². The summed E-state index contributed by atoms with van der Waals surface area (Å²) in [6.07, 6.45) is 3.31. The van der Waals surface area contributed by atoms with Crippen LogP contribution in [0, 0.1) is 0 Å².